The van der Waals surface area contributed by atoms with Crippen LogP contribution in [0.25, 0.3) is 0 Å². The van der Waals surface area contributed by atoms with E-state index in [9.17, 15) is 0 Å². The molecule has 0 aromatic heterocycles. The summed E-state index contributed by atoms with van der Waals surface area (Å²) in [6.07, 6.45) is 3.98. The monoisotopic (exact) mass is 241 g/mol. The molecule has 92 valence electrons. The van der Waals surface area contributed by atoms with Crippen molar-refractivity contribution in [1.82, 2.24) is 15.5 Å². The third kappa shape index (κ3) is 2.86. The van der Waals surface area contributed by atoms with Crippen LogP contribution in [0.3, 0.4) is 0 Å². The number of nitrogens with one attached hydrogen (secondary N) is 2. The lowest BCUT2D eigenvalue weighted by Crippen LogP contribution is -2.58. The molecular formula is C12H23N3S. The Hall–Kier alpha value is -0.350. The summed E-state index contributed by atoms with van der Waals surface area (Å²) in [6, 6.07) is 0.696. The molecule has 0 aromatic rings. The summed E-state index contributed by atoms with van der Waals surface area (Å²) >= 11 is 5.08. The average Bonchev–Trinajstić information content (AvgIpc) is 2.15. The maximum absolute atomic E-state index is 5.08. The molecule has 3 nitrogen and oxygen atoms in total. The van der Waals surface area contributed by atoms with Crippen LogP contribution in [-0.4, -0.2) is 29.4 Å². The lowest BCUT2D eigenvalue weighted by atomic mass is 9.70. The molecule has 0 unspecified atom stereocenters. The summed E-state index contributed by atoms with van der Waals surface area (Å²) in [7, 11) is 0. The summed E-state index contributed by atoms with van der Waals surface area (Å²) in [4.78, 5) is 2.48. The molecule has 1 saturated heterocycles. The minimum Gasteiger partial charge on any atom is -0.350 e. The molecule has 0 spiro atoms. The van der Waals surface area contributed by atoms with Crippen LogP contribution in [0.5, 0.6) is 0 Å². The smallest absolute Gasteiger partial charge is 0.168 e. The van der Waals surface area contributed by atoms with E-state index in [4.69, 9.17) is 12.2 Å². The van der Waals surface area contributed by atoms with Crippen LogP contribution in [0.15, 0.2) is 0 Å². The second-order valence-corrected chi connectivity index (χ2v) is 6.56. The van der Waals surface area contributed by atoms with Crippen LogP contribution in [-0.2, 0) is 0 Å². The highest BCUT2D eigenvalue weighted by Crippen LogP contribution is 2.40. The van der Waals surface area contributed by atoms with Crippen molar-refractivity contribution in [3.8, 4) is 0 Å². The maximum Gasteiger partial charge on any atom is 0.168 e. The molecule has 2 N–H and O–H groups in total. The standard InChI is InChI=1S/C12H23N3S/c1-9-4-10(6-12(2,3)5-9)15-7-13-11(16)14-8-15/h9-10H,4-8H2,1-3H3,(H2,13,14,16)/t9-,10-/m0/s1. The van der Waals surface area contributed by atoms with Gasteiger partial charge in [0.05, 0.1) is 13.3 Å². The van der Waals surface area contributed by atoms with Gasteiger partial charge in [-0.2, -0.15) is 0 Å². The van der Waals surface area contributed by atoms with E-state index in [1.165, 1.54) is 19.3 Å². The van der Waals surface area contributed by atoms with Crippen molar-refractivity contribution in [1.29, 1.82) is 0 Å². The molecule has 1 heterocycles. The first-order valence-electron chi connectivity index (χ1n) is 6.22. The first-order chi connectivity index (χ1) is 7.46. The molecule has 4 heteroatoms. The van der Waals surface area contributed by atoms with Gasteiger partial charge in [-0.1, -0.05) is 20.8 Å². The quantitative estimate of drug-likeness (QED) is 0.686. The predicted molar refractivity (Wildman–Crippen MR) is 71.0 cm³/mol. The average molecular weight is 241 g/mol. The number of hydrogen-bond acceptors (Lipinski definition) is 2. The van der Waals surface area contributed by atoms with Crippen molar-refractivity contribution >= 4 is 17.3 Å². The normalized spacial score (nSPS) is 35.3. The Kier molecular flexibility index (Phi) is 3.40. The molecule has 1 saturated carbocycles. The summed E-state index contributed by atoms with van der Waals surface area (Å²) < 4.78 is 0. The van der Waals surface area contributed by atoms with Crippen molar-refractivity contribution in [2.45, 2.75) is 46.1 Å². The summed E-state index contributed by atoms with van der Waals surface area (Å²) in [5.41, 5.74) is 0.486. The Morgan fingerprint density at radius 2 is 1.88 bits per heavy atom. The second kappa shape index (κ2) is 4.49. The van der Waals surface area contributed by atoms with Gasteiger partial charge >= 0.3 is 0 Å². The molecule has 2 atom stereocenters. The molecule has 0 aromatic carbocycles. The Labute approximate surface area is 104 Å². The van der Waals surface area contributed by atoms with Gasteiger partial charge in [-0.05, 0) is 42.8 Å². The van der Waals surface area contributed by atoms with E-state index in [1.807, 2.05) is 0 Å². The zero-order valence-electron chi connectivity index (χ0n) is 10.5. The van der Waals surface area contributed by atoms with Crippen molar-refractivity contribution < 1.29 is 0 Å². The van der Waals surface area contributed by atoms with E-state index < -0.39 is 0 Å². The number of hydrogen-bond donors (Lipinski definition) is 2. The van der Waals surface area contributed by atoms with Crippen LogP contribution in [0.2, 0.25) is 0 Å². The fourth-order valence-electron chi connectivity index (χ4n) is 3.30. The van der Waals surface area contributed by atoms with E-state index >= 15 is 0 Å². The highest BCUT2D eigenvalue weighted by atomic mass is 32.1. The van der Waals surface area contributed by atoms with Crippen LogP contribution in [0, 0.1) is 11.3 Å². The largest absolute Gasteiger partial charge is 0.350 e. The topological polar surface area (TPSA) is 27.3 Å². The fourth-order valence-corrected chi connectivity index (χ4v) is 3.43. The first kappa shape index (κ1) is 12.1. The highest BCUT2D eigenvalue weighted by molar-refractivity contribution is 7.80. The Bertz CT molecular complexity index is 267. The molecule has 0 bridgehead atoms. The SMILES string of the molecule is C[C@H]1C[C@H](N2CNC(=S)NC2)CC(C)(C)C1. The summed E-state index contributed by atoms with van der Waals surface area (Å²) in [6.45, 7) is 8.97. The van der Waals surface area contributed by atoms with Gasteiger partial charge in [-0.25, -0.2) is 0 Å². The van der Waals surface area contributed by atoms with E-state index in [2.05, 4.69) is 36.3 Å². The first-order valence-corrected chi connectivity index (χ1v) is 6.63. The summed E-state index contributed by atoms with van der Waals surface area (Å²) in [5, 5.41) is 7.23. The lowest BCUT2D eigenvalue weighted by Gasteiger charge is -2.45. The van der Waals surface area contributed by atoms with Gasteiger partial charge in [0.2, 0.25) is 0 Å². The molecule has 1 aliphatic carbocycles. The number of rotatable bonds is 1. The Morgan fingerprint density at radius 1 is 1.25 bits per heavy atom. The Morgan fingerprint density at radius 3 is 2.44 bits per heavy atom. The van der Waals surface area contributed by atoms with Gasteiger partial charge < -0.3 is 10.6 Å². The zero-order valence-corrected chi connectivity index (χ0v) is 11.4. The van der Waals surface area contributed by atoms with Crippen LogP contribution < -0.4 is 10.6 Å². The molecule has 0 amide bonds. The van der Waals surface area contributed by atoms with Crippen LogP contribution in [0.4, 0.5) is 0 Å². The number of nitrogens with zero attached hydrogens (tertiary/aromatic N) is 1. The molecule has 16 heavy (non-hydrogen) atoms. The minimum absolute atomic E-state index is 0.486. The van der Waals surface area contributed by atoms with E-state index in [0.717, 1.165) is 24.4 Å². The third-order valence-electron chi connectivity index (χ3n) is 3.77. The highest BCUT2D eigenvalue weighted by Gasteiger charge is 2.35. The van der Waals surface area contributed by atoms with Crippen molar-refractivity contribution in [3.05, 3.63) is 0 Å². The van der Waals surface area contributed by atoms with Gasteiger partial charge in [-0.3, -0.25) is 4.90 Å². The lowest BCUT2D eigenvalue weighted by molar-refractivity contribution is 0.0579. The molecule has 0 radical (unpaired) electrons. The fraction of sp³-hybridized carbons (Fsp3) is 0.917. The molecule has 1 aliphatic heterocycles. The molecular weight excluding hydrogens is 218 g/mol. The van der Waals surface area contributed by atoms with Gasteiger partial charge in [0, 0.05) is 6.04 Å². The maximum atomic E-state index is 5.08. The second-order valence-electron chi connectivity index (χ2n) is 6.15. The number of thiocarbonyl (C=S) groups is 1. The third-order valence-corrected chi connectivity index (χ3v) is 4.05. The molecule has 2 fully saturated rings. The van der Waals surface area contributed by atoms with Crippen LogP contribution >= 0.6 is 12.2 Å². The van der Waals surface area contributed by atoms with Gasteiger partial charge in [0.1, 0.15) is 0 Å². The van der Waals surface area contributed by atoms with Crippen molar-refractivity contribution in [2.24, 2.45) is 11.3 Å². The van der Waals surface area contributed by atoms with Crippen LogP contribution in [0.1, 0.15) is 40.0 Å². The van der Waals surface area contributed by atoms with Crippen molar-refractivity contribution in [3.63, 3.8) is 0 Å². The Balaban J connectivity index is 1.96. The van der Waals surface area contributed by atoms with Gasteiger partial charge in [-0.15, -0.1) is 0 Å². The van der Waals surface area contributed by atoms with Crippen molar-refractivity contribution in [2.75, 3.05) is 13.3 Å². The van der Waals surface area contributed by atoms with E-state index in [0.29, 0.717) is 11.5 Å². The summed E-state index contributed by atoms with van der Waals surface area (Å²) in [5.74, 6) is 0.836. The predicted octanol–water partition coefficient (Wildman–Crippen LogP) is 1.90. The van der Waals surface area contributed by atoms with Gasteiger partial charge in [0.15, 0.2) is 5.11 Å². The van der Waals surface area contributed by atoms with E-state index in [-0.39, 0.29) is 0 Å². The molecule has 2 aliphatic rings. The van der Waals surface area contributed by atoms with E-state index in [1.54, 1.807) is 0 Å². The zero-order chi connectivity index (χ0) is 11.8. The molecule has 2 rings (SSSR count). The van der Waals surface area contributed by atoms with Gasteiger partial charge in [0.25, 0.3) is 0 Å². The minimum atomic E-state index is 0.486.